The minimum atomic E-state index is -1.63. The van der Waals surface area contributed by atoms with E-state index in [-0.39, 0.29) is 0 Å². The van der Waals surface area contributed by atoms with Gasteiger partial charge in [0.2, 0.25) is 11.5 Å². The number of nitrogens with one attached hydrogen (secondary N) is 2. The van der Waals surface area contributed by atoms with Crippen LogP contribution in [0.5, 0.6) is 34.5 Å². The summed E-state index contributed by atoms with van der Waals surface area (Å²) >= 11 is 0. The maximum atomic E-state index is 13.2. The second-order valence-corrected chi connectivity index (χ2v) is 6.49. The number of rotatable bonds is 8. The van der Waals surface area contributed by atoms with Crippen molar-refractivity contribution in [3.05, 3.63) is 35.4 Å². The number of hydrogen-bond acceptors (Lipinski definition) is 8. The van der Waals surface area contributed by atoms with Crippen LogP contribution >= 0.6 is 0 Å². The Labute approximate surface area is 179 Å². The average molecular weight is 432 g/mol. The number of amides is 3. The fourth-order valence-corrected chi connectivity index (χ4v) is 3.62. The average Bonchev–Trinajstić information content (AvgIpc) is 3.11. The molecule has 2 aromatic rings. The van der Waals surface area contributed by atoms with Gasteiger partial charge in [0.1, 0.15) is 0 Å². The molecule has 0 aliphatic carbocycles. The number of ether oxygens (including phenoxy) is 6. The van der Waals surface area contributed by atoms with Crippen LogP contribution < -0.4 is 39.1 Å². The SMILES string of the molecule is COc1cc(C2(c3cc(OC)c(OC)c(OC)c3)NC(=O)NC2=O)cc(OC)c1OC. The van der Waals surface area contributed by atoms with Gasteiger partial charge in [0.15, 0.2) is 28.5 Å². The van der Waals surface area contributed by atoms with Crippen molar-refractivity contribution in [2.24, 2.45) is 0 Å². The summed E-state index contributed by atoms with van der Waals surface area (Å²) in [6.45, 7) is 0. The number of carbonyl (C=O) groups is 2. The Morgan fingerprint density at radius 1 is 0.613 bits per heavy atom. The van der Waals surface area contributed by atoms with Crippen LogP contribution in [0.15, 0.2) is 24.3 Å². The van der Waals surface area contributed by atoms with Crippen molar-refractivity contribution in [2.45, 2.75) is 5.54 Å². The molecule has 0 atom stereocenters. The standard InChI is InChI=1S/C21H24N2O8/c1-26-13-7-11(8-14(27-2)17(13)30-5)21(19(24)22-20(25)23-21)12-9-15(28-3)18(31-6)16(10-12)29-4/h7-10H,1-6H3,(H2,22,23,24,25). The van der Waals surface area contributed by atoms with Crippen LogP contribution in [0.4, 0.5) is 4.79 Å². The van der Waals surface area contributed by atoms with E-state index in [4.69, 9.17) is 28.4 Å². The lowest BCUT2D eigenvalue weighted by Crippen LogP contribution is -2.45. The molecule has 0 bridgehead atoms. The van der Waals surface area contributed by atoms with Gasteiger partial charge >= 0.3 is 6.03 Å². The second-order valence-electron chi connectivity index (χ2n) is 6.49. The van der Waals surface area contributed by atoms with Crippen molar-refractivity contribution in [1.82, 2.24) is 10.6 Å². The number of carbonyl (C=O) groups excluding carboxylic acids is 2. The molecule has 0 radical (unpaired) electrons. The molecule has 1 saturated heterocycles. The molecular weight excluding hydrogens is 408 g/mol. The summed E-state index contributed by atoms with van der Waals surface area (Å²) in [7, 11) is 8.78. The van der Waals surface area contributed by atoms with Crippen LogP contribution in [-0.2, 0) is 10.3 Å². The molecule has 2 aromatic carbocycles. The highest BCUT2D eigenvalue weighted by atomic mass is 16.5. The van der Waals surface area contributed by atoms with Crippen molar-refractivity contribution in [2.75, 3.05) is 42.7 Å². The zero-order valence-corrected chi connectivity index (χ0v) is 18.1. The first-order chi connectivity index (χ1) is 14.9. The zero-order chi connectivity index (χ0) is 22.8. The van der Waals surface area contributed by atoms with E-state index in [2.05, 4.69) is 10.6 Å². The smallest absolute Gasteiger partial charge is 0.322 e. The fourth-order valence-electron chi connectivity index (χ4n) is 3.62. The summed E-state index contributed by atoms with van der Waals surface area (Å²) in [4.78, 5) is 25.5. The van der Waals surface area contributed by atoms with E-state index in [9.17, 15) is 9.59 Å². The van der Waals surface area contributed by atoms with E-state index in [1.807, 2.05) is 0 Å². The molecule has 0 unspecified atom stereocenters. The Morgan fingerprint density at radius 3 is 1.19 bits per heavy atom. The van der Waals surface area contributed by atoms with Gasteiger partial charge in [-0.05, 0) is 35.4 Å². The molecule has 0 aromatic heterocycles. The fraction of sp³-hybridized carbons (Fsp3) is 0.333. The first-order valence-electron chi connectivity index (χ1n) is 9.14. The highest BCUT2D eigenvalue weighted by Gasteiger charge is 2.50. The molecule has 10 nitrogen and oxygen atoms in total. The molecule has 0 spiro atoms. The number of urea groups is 1. The highest BCUT2D eigenvalue weighted by Crippen LogP contribution is 2.47. The van der Waals surface area contributed by atoms with E-state index in [1.165, 1.54) is 42.7 Å². The third-order valence-electron chi connectivity index (χ3n) is 5.06. The summed E-state index contributed by atoms with van der Waals surface area (Å²) < 4.78 is 32.5. The Hall–Kier alpha value is -3.82. The van der Waals surface area contributed by atoms with Gasteiger partial charge in [0.05, 0.1) is 42.7 Å². The number of methoxy groups -OCH3 is 6. The lowest BCUT2D eigenvalue weighted by atomic mass is 9.82. The molecule has 31 heavy (non-hydrogen) atoms. The molecule has 10 heteroatoms. The minimum absolute atomic E-state index is 0.317. The van der Waals surface area contributed by atoms with Crippen molar-refractivity contribution in [3.63, 3.8) is 0 Å². The molecule has 3 amide bonds. The predicted molar refractivity (Wildman–Crippen MR) is 110 cm³/mol. The quantitative estimate of drug-likeness (QED) is 0.608. The van der Waals surface area contributed by atoms with Crippen molar-refractivity contribution >= 4 is 11.9 Å². The normalized spacial score (nSPS) is 14.4. The van der Waals surface area contributed by atoms with Crippen LogP contribution in [0.3, 0.4) is 0 Å². The molecule has 1 fully saturated rings. The van der Waals surface area contributed by atoms with Gasteiger partial charge in [0.25, 0.3) is 5.91 Å². The van der Waals surface area contributed by atoms with Crippen molar-refractivity contribution in [1.29, 1.82) is 0 Å². The molecule has 0 saturated carbocycles. The topological polar surface area (TPSA) is 114 Å². The van der Waals surface area contributed by atoms with E-state index >= 15 is 0 Å². The number of benzene rings is 2. The summed E-state index contributed by atoms with van der Waals surface area (Å²) in [5.41, 5.74) is -0.879. The maximum absolute atomic E-state index is 13.2. The van der Waals surface area contributed by atoms with Gasteiger partial charge < -0.3 is 33.7 Å². The largest absolute Gasteiger partial charge is 0.493 e. The molecule has 1 heterocycles. The Kier molecular flexibility index (Phi) is 6.00. The minimum Gasteiger partial charge on any atom is -0.493 e. The number of hydrogen-bond donors (Lipinski definition) is 2. The van der Waals surface area contributed by atoms with E-state index < -0.39 is 17.5 Å². The second kappa shape index (κ2) is 8.50. The third-order valence-corrected chi connectivity index (χ3v) is 5.06. The lowest BCUT2D eigenvalue weighted by Gasteiger charge is -2.29. The summed E-state index contributed by atoms with van der Waals surface area (Å²) in [5, 5.41) is 5.02. The zero-order valence-electron chi connectivity index (χ0n) is 18.1. The molecule has 166 valence electrons. The van der Waals surface area contributed by atoms with Gasteiger partial charge in [-0.25, -0.2) is 4.79 Å². The molecule has 1 aliphatic rings. The molecular formula is C21H24N2O8. The van der Waals surface area contributed by atoms with Crippen LogP contribution in [0.25, 0.3) is 0 Å². The van der Waals surface area contributed by atoms with E-state index in [0.29, 0.717) is 45.6 Å². The van der Waals surface area contributed by atoms with E-state index in [1.54, 1.807) is 24.3 Å². The lowest BCUT2D eigenvalue weighted by molar-refractivity contribution is -0.122. The van der Waals surface area contributed by atoms with Crippen molar-refractivity contribution in [3.8, 4) is 34.5 Å². The van der Waals surface area contributed by atoms with Gasteiger partial charge in [-0.3, -0.25) is 10.1 Å². The van der Waals surface area contributed by atoms with Crippen molar-refractivity contribution < 1.29 is 38.0 Å². The van der Waals surface area contributed by atoms with Crippen LogP contribution in [0.1, 0.15) is 11.1 Å². The Balaban J connectivity index is 2.37. The highest BCUT2D eigenvalue weighted by molar-refractivity contribution is 6.09. The number of imide groups is 1. The van der Waals surface area contributed by atoms with Gasteiger partial charge in [0, 0.05) is 0 Å². The third kappa shape index (κ3) is 3.39. The van der Waals surface area contributed by atoms with E-state index in [0.717, 1.165) is 0 Å². The van der Waals surface area contributed by atoms with Gasteiger partial charge in [-0.15, -0.1) is 0 Å². The van der Waals surface area contributed by atoms with Crippen LogP contribution in [-0.4, -0.2) is 54.6 Å². The van der Waals surface area contributed by atoms with Crippen LogP contribution in [0.2, 0.25) is 0 Å². The Bertz CT molecular complexity index is 907. The summed E-state index contributed by atoms with van der Waals surface area (Å²) in [6.07, 6.45) is 0. The Morgan fingerprint density at radius 2 is 0.968 bits per heavy atom. The monoisotopic (exact) mass is 432 g/mol. The predicted octanol–water partition coefficient (Wildman–Crippen LogP) is 1.82. The molecule has 1 aliphatic heterocycles. The van der Waals surface area contributed by atoms with Gasteiger partial charge in [-0.2, -0.15) is 0 Å². The van der Waals surface area contributed by atoms with Crippen LogP contribution in [0, 0.1) is 0 Å². The summed E-state index contributed by atoms with van der Waals surface area (Å²) in [6, 6.07) is 5.71. The molecule has 2 N–H and O–H groups in total. The first kappa shape index (κ1) is 21.9. The summed E-state index contributed by atoms with van der Waals surface area (Å²) in [5.74, 6) is 1.36. The van der Waals surface area contributed by atoms with Gasteiger partial charge in [-0.1, -0.05) is 0 Å². The first-order valence-corrected chi connectivity index (χ1v) is 9.14. The molecule has 3 rings (SSSR count). The maximum Gasteiger partial charge on any atom is 0.322 e.